The van der Waals surface area contributed by atoms with E-state index in [1.807, 2.05) is 26.2 Å². The van der Waals surface area contributed by atoms with Crippen molar-refractivity contribution < 1.29 is 4.39 Å². The maximum Gasteiger partial charge on any atom is 0.123 e. The fourth-order valence-electron chi connectivity index (χ4n) is 1.66. The highest BCUT2D eigenvalue weighted by atomic mass is 19.1. The summed E-state index contributed by atoms with van der Waals surface area (Å²) in [6.07, 6.45) is 2.17. The molecule has 1 atom stereocenters. The summed E-state index contributed by atoms with van der Waals surface area (Å²) in [5.41, 5.74) is 1.15. The van der Waals surface area contributed by atoms with Crippen LogP contribution in [-0.2, 0) is 0 Å². The van der Waals surface area contributed by atoms with Crippen LogP contribution in [0.1, 0.15) is 24.4 Å². The lowest BCUT2D eigenvalue weighted by molar-refractivity contribution is 0.517. The van der Waals surface area contributed by atoms with Gasteiger partial charge in [-0.1, -0.05) is 12.1 Å². The quantitative estimate of drug-likeness (QED) is 0.702. The summed E-state index contributed by atoms with van der Waals surface area (Å²) in [6.45, 7) is 1.01. The molecule has 0 aliphatic carbocycles. The molecule has 0 radical (unpaired) electrons. The van der Waals surface area contributed by atoms with Crippen LogP contribution in [0, 0.1) is 5.82 Å². The first-order chi connectivity index (χ1) is 7.27. The average Bonchev–Trinajstić information content (AvgIpc) is 2.26. The zero-order valence-electron chi connectivity index (χ0n) is 9.39. The monoisotopic (exact) mass is 210 g/mol. The number of nitrogens with one attached hydrogen (secondary N) is 2. The Morgan fingerprint density at radius 2 is 1.87 bits per heavy atom. The van der Waals surface area contributed by atoms with Crippen molar-refractivity contribution in [3.05, 3.63) is 35.6 Å². The van der Waals surface area contributed by atoms with Crippen molar-refractivity contribution in [1.29, 1.82) is 0 Å². The summed E-state index contributed by atoms with van der Waals surface area (Å²) < 4.78 is 12.7. The number of rotatable bonds is 6. The average molecular weight is 210 g/mol. The highest BCUT2D eigenvalue weighted by molar-refractivity contribution is 5.19. The van der Waals surface area contributed by atoms with E-state index < -0.39 is 0 Å². The minimum Gasteiger partial charge on any atom is -0.320 e. The molecule has 0 heterocycles. The van der Waals surface area contributed by atoms with Gasteiger partial charge >= 0.3 is 0 Å². The summed E-state index contributed by atoms with van der Waals surface area (Å²) in [6, 6.07) is 7.03. The summed E-state index contributed by atoms with van der Waals surface area (Å²) >= 11 is 0. The second-order valence-electron chi connectivity index (χ2n) is 3.64. The number of hydrogen-bond donors (Lipinski definition) is 2. The van der Waals surface area contributed by atoms with Gasteiger partial charge in [-0.3, -0.25) is 0 Å². The third-order valence-electron chi connectivity index (χ3n) is 2.54. The van der Waals surface area contributed by atoms with E-state index in [0.717, 1.165) is 24.9 Å². The van der Waals surface area contributed by atoms with Gasteiger partial charge in [0, 0.05) is 6.04 Å². The van der Waals surface area contributed by atoms with Crippen LogP contribution in [0.15, 0.2) is 24.3 Å². The fraction of sp³-hybridized carbons (Fsp3) is 0.500. The van der Waals surface area contributed by atoms with Gasteiger partial charge in [-0.15, -0.1) is 0 Å². The molecule has 0 fully saturated rings. The number of benzene rings is 1. The lowest BCUT2D eigenvalue weighted by Gasteiger charge is -2.16. The molecular weight excluding hydrogens is 191 g/mol. The van der Waals surface area contributed by atoms with Crippen molar-refractivity contribution >= 4 is 0 Å². The third kappa shape index (κ3) is 3.98. The zero-order chi connectivity index (χ0) is 11.1. The molecule has 2 nitrogen and oxygen atoms in total. The smallest absolute Gasteiger partial charge is 0.123 e. The normalized spacial score (nSPS) is 12.7. The molecule has 0 bridgehead atoms. The standard InChI is InChI=1S/C12H19FN2/c1-14-9-3-4-12(15-2)10-5-7-11(13)8-6-10/h5-8,12,14-15H,3-4,9H2,1-2H3. The van der Waals surface area contributed by atoms with E-state index in [0.29, 0.717) is 6.04 Å². The molecule has 15 heavy (non-hydrogen) atoms. The SMILES string of the molecule is CNCCCC(NC)c1ccc(F)cc1. The second kappa shape index (κ2) is 6.53. The van der Waals surface area contributed by atoms with E-state index in [-0.39, 0.29) is 5.82 Å². The van der Waals surface area contributed by atoms with Gasteiger partial charge in [0.2, 0.25) is 0 Å². The third-order valence-corrected chi connectivity index (χ3v) is 2.54. The van der Waals surface area contributed by atoms with Crippen LogP contribution < -0.4 is 10.6 Å². The first kappa shape index (κ1) is 12.1. The van der Waals surface area contributed by atoms with Gasteiger partial charge in [-0.05, 0) is 51.2 Å². The van der Waals surface area contributed by atoms with Crippen LogP contribution in [0.3, 0.4) is 0 Å². The lowest BCUT2D eigenvalue weighted by Crippen LogP contribution is -2.18. The summed E-state index contributed by atoms with van der Waals surface area (Å²) in [4.78, 5) is 0. The van der Waals surface area contributed by atoms with E-state index in [1.165, 1.54) is 12.1 Å². The van der Waals surface area contributed by atoms with E-state index in [1.54, 1.807) is 0 Å². The van der Waals surface area contributed by atoms with Gasteiger partial charge in [-0.25, -0.2) is 4.39 Å². The van der Waals surface area contributed by atoms with Crippen LogP contribution in [0.4, 0.5) is 4.39 Å². The minimum atomic E-state index is -0.177. The minimum absolute atomic E-state index is 0.177. The molecule has 0 amide bonds. The van der Waals surface area contributed by atoms with Crippen LogP contribution in [0.5, 0.6) is 0 Å². The van der Waals surface area contributed by atoms with Crippen LogP contribution in [-0.4, -0.2) is 20.6 Å². The Morgan fingerprint density at radius 1 is 1.20 bits per heavy atom. The number of halogens is 1. The predicted octanol–water partition coefficient (Wildman–Crippen LogP) is 2.09. The Labute approximate surface area is 90.9 Å². The molecule has 1 rings (SSSR count). The summed E-state index contributed by atoms with van der Waals surface area (Å²) in [7, 11) is 3.89. The van der Waals surface area contributed by atoms with Gasteiger partial charge in [-0.2, -0.15) is 0 Å². The zero-order valence-corrected chi connectivity index (χ0v) is 9.39. The molecule has 0 aliphatic rings. The van der Waals surface area contributed by atoms with Gasteiger partial charge in [0.25, 0.3) is 0 Å². The molecular formula is C12H19FN2. The molecule has 0 saturated carbocycles. The van der Waals surface area contributed by atoms with Crippen molar-refractivity contribution in [2.45, 2.75) is 18.9 Å². The van der Waals surface area contributed by atoms with Gasteiger partial charge in [0.1, 0.15) is 5.82 Å². The Bertz CT molecular complexity index is 271. The van der Waals surface area contributed by atoms with Crippen LogP contribution >= 0.6 is 0 Å². The maximum atomic E-state index is 12.7. The highest BCUT2D eigenvalue weighted by Gasteiger charge is 2.07. The van der Waals surface area contributed by atoms with Gasteiger partial charge in [0.05, 0.1) is 0 Å². The van der Waals surface area contributed by atoms with E-state index >= 15 is 0 Å². The Hall–Kier alpha value is -0.930. The Morgan fingerprint density at radius 3 is 2.40 bits per heavy atom. The molecule has 0 spiro atoms. The molecule has 1 aromatic carbocycles. The van der Waals surface area contributed by atoms with Gasteiger partial charge < -0.3 is 10.6 Å². The molecule has 1 unspecified atom stereocenters. The maximum absolute atomic E-state index is 12.7. The number of hydrogen-bond acceptors (Lipinski definition) is 2. The van der Waals surface area contributed by atoms with Gasteiger partial charge in [0.15, 0.2) is 0 Å². The molecule has 1 aromatic rings. The molecule has 84 valence electrons. The first-order valence-electron chi connectivity index (χ1n) is 5.35. The van der Waals surface area contributed by atoms with Crippen molar-refractivity contribution in [3.63, 3.8) is 0 Å². The van der Waals surface area contributed by atoms with Crippen molar-refractivity contribution in [2.75, 3.05) is 20.6 Å². The molecule has 0 saturated heterocycles. The second-order valence-corrected chi connectivity index (χ2v) is 3.64. The first-order valence-corrected chi connectivity index (χ1v) is 5.35. The van der Waals surface area contributed by atoms with Crippen molar-refractivity contribution in [1.82, 2.24) is 10.6 Å². The summed E-state index contributed by atoms with van der Waals surface area (Å²) in [5.74, 6) is -0.177. The largest absolute Gasteiger partial charge is 0.320 e. The Balaban J connectivity index is 2.53. The topological polar surface area (TPSA) is 24.1 Å². The Kier molecular flexibility index (Phi) is 5.29. The molecule has 3 heteroatoms. The lowest BCUT2D eigenvalue weighted by atomic mass is 10.0. The predicted molar refractivity (Wildman–Crippen MR) is 61.4 cm³/mol. The van der Waals surface area contributed by atoms with E-state index in [2.05, 4.69) is 10.6 Å². The summed E-state index contributed by atoms with van der Waals surface area (Å²) in [5, 5.41) is 6.37. The van der Waals surface area contributed by atoms with E-state index in [9.17, 15) is 4.39 Å². The molecule has 0 aliphatic heterocycles. The van der Waals surface area contributed by atoms with Crippen LogP contribution in [0.25, 0.3) is 0 Å². The fourth-order valence-corrected chi connectivity index (χ4v) is 1.66. The van der Waals surface area contributed by atoms with Crippen molar-refractivity contribution in [2.24, 2.45) is 0 Å². The van der Waals surface area contributed by atoms with Crippen molar-refractivity contribution in [3.8, 4) is 0 Å². The molecule has 2 N–H and O–H groups in total. The molecule has 0 aromatic heterocycles. The van der Waals surface area contributed by atoms with E-state index in [4.69, 9.17) is 0 Å². The van der Waals surface area contributed by atoms with Crippen LogP contribution in [0.2, 0.25) is 0 Å². The highest BCUT2D eigenvalue weighted by Crippen LogP contribution is 2.17.